The molecule has 2 aromatic rings. The SMILES string of the molecule is CNC1CCc2c([nH]c3cc(Cl)c(OC)cc23)C1. The second-order valence-electron chi connectivity index (χ2n) is 4.84. The number of aromatic nitrogens is 1. The molecule has 96 valence electrons. The molecule has 1 unspecified atom stereocenters. The number of nitrogens with one attached hydrogen (secondary N) is 2. The van der Waals surface area contributed by atoms with Crippen LogP contribution in [0.3, 0.4) is 0 Å². The van der Waals surface area contributed by atoms with Crippen LogP contribution >= 0.6 is 11.6 Å². The Bertz CT molecular complexity index is 591. The maximum atomic E-state index is 6.17. The van der Waals surface area contributed by atoms with Gasteiger partial charge in [0.05, 0.1) is 12.1 Å². The molecule has 0 aliphatic heterocycles. The van der Waals surface area contributed by atoms with Crippen molar-refractivity contribution in [2.75, 3.05) is 14.2 Å². The number of benzene rings is 1. The molecule has 18 heavy (non-hydrogen) atoms. The summed E-state index contributed by atoms with van der Waals surface area (Å²) in [7, 11) is 3.68. The van der Waals surface area contributed by atoms with Gasteiger partial charge in [-0.3, -0.25) is 0 Å². The van der Waals surface area contributed by atoms with E-state index >= 15 is 0 Å². The van der Waals surface area contributed by atoms with Gasteiger partial charge in [0.1, 0.15) is 5.75 Å². The second kappa shape index (κ2) is 4.48. The molecule has 0 amide bonds. The summed E-state index contributed by atoms with van der Waals surface area (Å²) < 4.78 is 5.30. The predicted molar refractivity (Wildman–Crippen MR) is 74.7 cm³/mol. The van der Waals surface area contributed by atoms with Crippen molar-refractivity contribution >= 4 is 22.5 Å². The summed E-state index contributed by atoms with van der Waals surface area (Å²) in [6.45, 7) is 0. The molecular formula is C14H17ClN2O. The van der Waals surface area contributed by atoms with Crippen LogP contribution in [0.1, 0.15) is 17.7 Å². The average Bonchev–Trinajstić information content (AvgIpc) is 2.73. The summed E-state index contributed by atoms with van der Waals surface area (Å²) in [5, 5.41) is 5.26. The number of hydrogen-bond acceptors (Lipinski definition) is 2. The fourth-order valence-electron chi connectivity index (χ4n) is 2.84. The molecule has 0 radical (unpaired) electrons. The minimum Gasteiger partial charge on any atom is -0.495 e. The molecule has 1 aromatic carbocycles. The van der Waals surface area contributed by atoms with Crippen LogP contribution in [0, 0.1) is 0 Å². The fraction of sp³-hybridized carbons (Fsp3) is 0.429. The van der Waals surface area contributed by atoms with E-state index in [1.165, 1.54) is 23.1 Å². The molecule has 0 saturated heterocycles. The Morgan fingerprint density at radius 1 is 1.44 bits per heavy atom. The Morgan fingerprint density at radius 3 is 3.00 bits per heavy atom. The molecule has 0 saturated carbocycles. The molecule has 3 nitrogen and oxygen atoms in total. The Balaban J connectivity index is 2.13. The average molecular weight is 265 g/mol. The normalized spacial score (nSPS) is 18.9. The monoisotopic (exact) mass is 264 g/mol. The van der Waals surface area contributed by atoms with Crippen LogP contribution in [0.2, 0.25) is 5.02 Å². The van der Waals surface area contributed by atoms with Gasteiger partial charge in [0.25, 0.3) is 0 Å². The van der Waals surface area contributed by atoms with E-state index in [-0.39, 0.29) is 0 Å². The quantitative estimate of drug-likeness (QED) is 0.875. The first kappa shape index (κ1) is 11.9. The molecule has 0 bridgehead atoms. The van der Waals surface area contributed by atoms with E-state index in [0.717, 1.165) is 24.1 Å². The molecule has 1 atom stereocenters. The fourth-order valence-corrected chi connectivity index (χ4v) is 3.08. The minimum absolute atomic E-state index is 0.572. The number of ether oxygens (including phenoxy) is 1. The van der Waals surface area contributed by atoms with E-state index in [2.05, 4.69) is 10.3 Å². The summed E-state index contributed by atoms with van der Waals surface area (Å²) >= 11 is 6.17. The number of likely N-dealkylation sites (N-methyl/N-ethyl adjacent to an activating group) is 1. The molecule has 4 heteroatoms. The summed E-state index contributed by atoms with van der Waals surface area (Å²) in [5.74, 6) is 0.752. The number of hydrogen-bond donors (Lipinski definition) is 2. The number of methoxy groups -OCH3 is 1. The highest BCUT2D eigenvalue weighted by Gasteiger charge is 2.22. The van der Waals surface area contributed by atoms with Crippen LogP contribution in [-0.2, 0) is 12.8 Å². The Labute approximate surface area is 111 Å². The van der Waals surface area contributed by atoms with E-state index < -0.39 is 0 Å². The van der Waals surface area contributed by atoms with Crippen LogP contribution in [0.25, 0.3) is 10.9 Å². The number of H-pyrrole nitrogens is 1. The zero-order valence-electron chi connectivity index (χ0n) is 10.6. The maximum absolute atomic E-state index is 6.17. The molecule has 0 spiro atoms. The smallest absolute Gasteiger partial charge is 0.138 e. The van der Waals surface area contributed by atoms with Crippen molar-refractivity contribution in [1.29, 1.82) is 0 Å². The Morgan fingerprint density at radius 2 is 2.28 bits per heavy atom. The molecule has 2 N–H and O–H groups in total. The lowest BCUT2D eigenvalue weighted by molar-refractivity contribution is 0.415. The first-order chi connectivity index (χ1) is 8.72. The van der Waals surface area contributed by atoms with Crippen molar-refractivity contribution in [2.24, 2.45) is 0 Å². The largest absolute Gasteiger partial charge is 0.495 e. The molecule has 0 fully saturated rings. The zero-order chi connectivity index (χ0) is 12.7. The van der Waals surface area contributed by atoms with Gasteiger partial charge in [-0.05, 0) is 37.6 Å². The van der Waals surface area contributed by atoms with Gasteiger partial charge in [-0.2, -0.15) is 0 Å². The van der Waals surface area contributed by atoms with Gasteiger partial charge >= 0.3 is 0 Å². The first-order valence-electron chi connectivity index (χ1n) is 6.27. The van der Waals surface area contributed by atoms with Crippen molar-refractivity contribution in [3.05, 3.63) is 28.4 Å². The summed E-state index contributed by atoms with van der Waals surface area (Å²) in [6, 6.07) is 4.58. The van der Waals surface area contributed by atoms with Crippen molar-refractivity contribution < 1.29 is 4.74 Å². The third-order valence-electron chi connectivity index (χ3n) is 3.87. The highest BCUT2D eigenvalue weighted by Crippen LogP contribution is 2.35. The van der Waals surface area contributed by atoms with Crippen molar-refractivity contribution in [3.8, 4) is 5.75 Å². The van der Waals surface area contributed by atoms with E-state index in [1.54, 1.807) is 7.11 Å². The molecular weight excluding hydrogens is 248 g/mol. The molecule has 1 aliphatic rings. The maximum Gasteiger partial charge on any atom is 0.138 e. The van der Waals surface area contributed by atoms with Gasteiger partial charge < -0.3 is 15.0 Å². The summed E-state index contributed by atoms with van der Waals surface area (Å²) in [5.41, 5.74) is 3.87. The first-order valence-corrected chi connectivity index (χ1v) is 6.65. The lowest BCUT2D eigenvalue weighted by Crippen LogP contribution is -2.31. The summed E-state index contributed by atoms with van der Waals surface area (Å²) in [6.07, 6.45) is 3.34. The van der Waals surface area contributed by atoms with Crippen molar-refractivity contribution in [1.82, 2.24) is 10.3 Å². The summed E-state index contributed by atoms with van der Waals surface area (Å²) in [4.78, 5) is 3.49. The standard InChI is InChI=1S/C14H17ClN2O/c1-16-8-3-4-9-10-6-14(18-2)11(15)7-13(10)17-12(9)5-8/h6-8,16-17H,3-5H2,1-2H3. The van der Waals surface area contributed by atoms with Gasteiger partial charge in [-0.15, -0.1) is 0 Å². The molecule has 3 rings (SSSR count). The van der Waals surface area contributed by atoms with Crippen LogP contribution in [0.4, 0.5) is 0 Å². The number of aromatic amines is 1. The topological polar surface area (TPSA) is 37.0 Å². The van der Waals surface area contributed by atoms with Gasteiger partial charge in [0.2, 0.25) is 0 Å². The van der Waals surface area contributed by atoms with E-state index in [1.807, 2.05) is 19.2 Å². The van der Waals surface area contributed by atoms with Crippen LogP contribution in [0.5, 0.6) is 5.75 Å². The Hall–Kier alpha value is -1.19. The highest BCUT2D eigenvalue weighted by atomic mass is 35.5. The Kier molecular flexibility index (Phi) is 2.96. The molecule has 1 heterocycles. The van der Waals surface area contributed by atoms with E-state index in [4.69, 9.17) is 16.3 Å². The number of rotatable bonds is 2. The van der Waals surface area contributed by atoms with Crippen LogP contribution < -0.4 is 10.1 Å². The lowest BCUT2D eigenvalue weighted by Gasteiger charge is -2.21. The minimum atomic E-state index is 0.572. The van der Waals surface area contributed by atoms with Crippen molar-refractivity contribution in [2.45, 2.75) is 25.3 Å². The van der Waals surface area contributed by atoms with Gasteiger partial charge in [-0.1, -0.05) is 11.6 Å². The number of halogens is 1. The van der Waals surface area contributed by atoms with Crippen molar-refractivity contribution in [3.63, 3.8) is 0 Å². The molecule has 1 aliphatic carbocycles. The highest BCUT2D eigenvalue weighted by molar-refractivity contribution is 6.32. The van der Waals surface area contributed by atoms with Gasteiger partial charge in [-0.25, -0.2) is 0 Å². The third kappa shape index (κ3) is 1.78. The van der Waals surface area contributed by atoms with E-state index in [9.17, 15) is 0 Å². The molecule has 1 aromatic heterocycles. The predicted octanol–water partition coefficient (Wildman–Crippen LogP) is 2.91. The van der Waals surface area contributed by atoms with Crippen LogP contribution in [-0.4, -0.2) is 25.2 Å². The number of fused-ring (bicyclic) bond motifs is 3. The zero-order valence-corrected chi connectivity index (χ0v) is 11.4. The van der Waals surface area contributed by atoms with Gasteiger partial charge in [0.15, 0.2) is 0 Å². The second-order valence-corrected chi connectivity index (χ2v) is 5.25. The van der Waals surface area contributed by atoms with Gasteiger partial charge in [0, 0.05) is 29.1 Å². The third-order valence-corrected chi connectivity index (χ3v) is 4.16. The van der Waals surface area contributed by atoms with Crippen LogP contribution in [0.15, 0.2) is 12.1 Å². The number of aryl methyl sites for hydroxylation is 1. The lowest BCUT2D eigenvalue weighted by atomic mass is 9.92. The van der Waals surface area contributed by atoms with E-state index in [0.29, 0.717) is 11.1 Å².